The Labute approximate surface area is 170 Å². The second-order valence-electron chi connectivity index (χ2n) is 7.49. The van der Waals surface area contributed by atoms with E-state index in [2.05, 4.69) is 27.0 Å². The third-order valence-electron chi connectivity index (χ3n) is 5.18. The summed E-state index contributed by atoms with van der Waals surface area (Å²) in [7, 11) is 0. The minimum atomic E-state index is -0.297. The molecule has 1 saturated carbocycles. The number of thioether (sulfide) groups is 1. The van der Waals surface area contributed by atoms with Gasteiger partial charge in [-0.15, -0.1) is 10.2 Å². The van der Waals surface area contributed by atoms with Crippen molar-refractivity contribution in [1.82, 2.24) is 20.1 Å². The summed E-state index contributed by atoms with van der Waals surface area (Å²) >= 11 is 1.39. The lowest BCUT2D eigenvalue weighted by Gasteiger charge is -2.25. The molecule has 0 spiro atoms. The SMILES string of the molecule is CCCC(C)NC(=O)CSc1nnc(-c2ccccc2F)n1C1CCCCC1. The second-order valence-corrected chi connectivity index (χ2v) is 8.44. The van der Waals surface area contributed by atoms with Crippen molar-refractivity contribution in [3.05, 3.63) is 30.1 Å². The van der Waals surface area contributed by atoms with Crippen LogP contribution in [0.25, 0.3) is 11.4 Å². The van der Waals surface area contributed by atoms with Crippen LogP contribution in [0.1, 0.15) is 64.8 Å². The van der Waals surface area contributed by atoms with Crippen molar-refractivity contribution in [3.63, 3.8) is 0 Å². The monoisotopic (exact) mass is 404 g/mol. The van der Waals surface area contributed by atoms with E-state index >= 15 is 0 Å². The van der Waals surface area contributed by atoms with Crippen molar-refractivity contribution in [3.8, 4) is 11.4 Å². The van der Waals surface area contributed by atoms with Crippen molar-refractivity contribution in [2.24, 2.45) is 0 Å². The third kappa shape index (κ3) is 5.13. The zero-order valence-corrected chi connectivity index (χ0v) is 17.5. The van der Waals surface area contributed by atoms with Crippen LogP contribution in [0.2, 0.25) is 0 Å². The molecule has 0 bridgehead atoms. The van der Waals surface area contributed by atoms with E-state index in [4.69, 9.17) is 0 Å². The standard InChI is InChI=1S/C21H29FN4OS/c1-3-9-15(2)23-19(27)14-28-21-25-24-20(17-12-7-8-13-18(17)22)26(21)16-10-5-4-6-11-16/h7-8,12-13,15-16H,3-6,9-11,14H2,1-2H3,(H,23,27). The Kier molecular flexibility index (Phi) is 7.48. The molecule has 1 aliphatic rings. The maximum absolute atomic E-state index is 14.4. The summed E-state index contributed by atoms with van der Waals surface area (Å²) in [6.07, 6.45) is 7.60. The van der Waals surface area contributed by atoms with Gasteiger partial charge in [-0.25, -0.2) is 4.39 Å². The van der Waals surface area contributed by atoms with Crippen LogP contribution in [-0.4, -0.2) is 32.5 Å². The molecule has 0 aliphatic heterocycles. The molecule has 0 saturated heterocycles. The average Bonchev–Trinajstić information content (AvgIpc) is 3.11. The first-order valence-electron chi connectivity index (χ1n) is 10.2. The van der Waals surface area contributed by atoms with E-state index in [0.717, 1.165) is 38.5 Å². The van der Waals surface area contributed by atoms with E-state index in [0.29, 0.717) is 16.5 Å². The summed E-state index contributed by atoms with van der Waals surface area (Å²) < 4.78 is 16.5. The smallest absolute Gasteiger partial charge is 0.230 e. The number of hydrogen-bond donors (Lipinski definition) is 1. The molecule has 0 radical (unpaired) electrons. The topological polar surface area (TPSA) is 59.8 Å². The first kappa shape index (κ1) is 20.8. The van der Waals surface area contributed by atoms with E-state index in [-0.39, 0.29) is 29.6 Å². The first-order chi connectivity index (χ1) is 13.6. The Morgan fingerprint density at radius 1 is 1.29 bits per heavy atom. The number of amides is 1. The lowest BCUT2D eigenvalue weighted by atomic mass is 9.95. The summed E-state index contributed by atoms with van der Waals surface area (Å²) in [6, 6.07) is 7.11. The highest BCUT2D eigenvalue weighted by Gasteiger charge is 2.25. The Morgan fingerprint density at radius 3 is 2.75 bits per heavy atom. The molecule has 28 heavy (non-hydrogen) atoms. The number of halogens is 1. The fourth-order valence-electron chi connectivity index (χ4n) is 3.82. The highest BCUT2D eigenvalue weighted by atomic mass is 32.2. The fraction of sp³-hybridized carbons (Fsp3) is 0.571. The van der Waals surface area contributed by atoms with Crippen LogP contribution in [0.4, 0.5) is 4.39 Å². The molecule has 152 valence electrons. The van der Waals surface area contributed by atoms with Crippen LogP contribution in [0.5, 0.6) is 0 Å². The molecule has 1 aliphatic carbocycles. The van der Waals surface area contributed by atoms with Gasteiger partial charge in [-0.05, 0) is 38.3 Å². The molecule has 1 unspecified atom stereocenters. The van der Waals surface area contributed by atoms with Crippen LogP contribution in [-0.2, 0) is 4.79 Å². The molecule has 7 heteroatoms. The summed E-state index contributed by atoms with van der Waals surface area (Å²) in [5.74, 6) is 0.550. The van der Waals surface area contributed by atoms with Crippen molar-refractivity contribution < 1.29 is 9.18 Å². The Balaban J connectivity index is 1.81. The van der Waals surface area contributed by atoms with Gasteiger partial charge in [0.25, 0.3) is 0 Å². The number of hydrogen-bond acceptors (Lipinski definition) is 4. The van der Waals surface area contributed by atoms with Gasteiger partial charge in [0.05, 0.1) is 11.3 Å². The normalized spacial score (nSPS) is 16.1. The number of rotatable bonds is 8. The minimum absolute atomic E-state index is 0.00316. The lowest BCUT2D eigenvalue weighted by Crippen LogP contribution is -2.33. The molecule has 1 amide bonds. The largest absolute Gasteiger partial charge is 0.353 e. The Hall–Kier alpha value is -1.89. The van der Waals surface area contributed by atoms with Gasteiger partial charge in [-0.3, -0.25) is 9.36 Å². The van der Waals surface area contributed by atoms with Gasteiger partial charge in [0.2, 0.25) is 5.91 Å². The molecule has 1 aromatic carbocycles. The minimum Gasteiger partial charge on any atom is -0.353 e. The summed E-state index contributed by atoms with van der Waals surface area (Å²) in [4.78, 5) is 12.3. The number of nitrogens with one attached hydrogen (secondary N) is 1. The molecule has 1 atom stereocenters. The van der Waals surface area contributed by atoms with Crippen LogP contribution in [0.15, 0.2) is 29.4 Å². The number of carbonyl (C=O) groups excluding carboxylic acids is 1. The molecule has 1 aromatic heterocycles. The zero-order chi connectivity index (χ0) is 19.9. The van der Waals surface area contributed by atoms with Crippen molar-refractivity contribution >= 4 is 17.7 Å². The number of benzene rings is 1. The number of nitrogens with zero attached hydrogens (tertiary/aromatic N) is 3. The van der Waals surface area contributed by atoms with Crippen molar-refractivity contribution in [2.45, 2.75) is 76.0 Å². The van der Waals surface area contributed by atoms with Gasteiger partial charge in [-0.2, -0.15) is 0 Å². The maximum atomic E-state index is 14.4. The van der Waals surface area contributed by atoms with Crippen LogP contribution >= 0.6 is 11.8 Å². The highest BCUT2D eigenvalue weighted by molar-refractivity contribution is 7.99. The van der Waals surface area contributed by atoms with E-state index in [1.54, 1.807) is 12.1 Å². The van der Waals surface area contributed by atoms with Crippen LogP contribution in [0, 0.1) is 5.82 Å². The van der Waals surface area contributed by atoms with Gasteiger partial charge in [0.15, 0.2) is 11.0 Å². The molecule has 1 heterocycles. The second kappa shape index (κ2) is 10.0. The quantitative estimate of drug-likeness (QED) is 0.630. The average molecular weight is 405 g/mol. The molecular formula is C21H29FN4OS. The summed E-state index contributed by atoms with van der Waals surface area (Å²) in [5, 5.41) is 12.4. The fourth-order valence-corrected chi connectivity index (χ4v) is 4.64. The molecule has 1 N–H and O–H groups in total. The predicted molar refractivity (Wildman–Crippen MR) is 111 cm³/mol. The van der Waals surface area contributed by atoms with E-state index in [1.165, 1.54) is 24.2 Å². The van der Waals surface area contributed by atoms with Crippen molar-refractivity contribution in [2.75, 3.05) is 5.75 Å². The highest BCUT2D eigenvalue weighted by Crippen LogP contribution is 2.36. The lowest BCUT2D eigenvalue weighted by molar-refractivity contribution is -0.119. The zero-order valence-electron chi connectivity index (χ0n) is 16.7. The maximum Gasteiger partial charge on any atom is 0.230 e. The van der Waals surface area contributed by atoms with Gasteiger partial charge in [0, 0.05) is 12.1 Å². The van der Waals surface area contributed by atoms with Crippen molar-refractivity contribution in [1.29, 1.82) is 0 Å². The van der Waals surface area contributed by atoms with Crippen LogP contribution < -0.4 is 5.32 Å². The van der Waals surface area contributed by atoms with E-state index < -0.39 is 0 Å². The number of aromatic nitrogens is 3. The molecular weight excluding hydrogens is 375 g/mol. The molecule has 3 rings (SSSR count). The summed E-state index contributed by atoms with van der Waals surface area (Å²) in [6.45, 7) is 4.13. The first-order valence-corrected chi connectivity index (χ1v) is 11.2. The van der Waals surface area contributed by atoms with Gasteiger partial charge in [-0.1, -0.05) is 56.5 Å². The Morgan fingerprint density at radius 2 is 2.04 bits per heavy atom. The summed E-state index contributed by atoms with van der Waals surface area (Å²) in [5.41, 5.74) is 0.466. The number of carbonyl (C=O) groups is 1. The molecule has 2 aromatic rings. The third-order valence-corrected chi connectivity index (χ3v) is 6.12. The van der Waals surface area contributed by atoms with E-state index in [9.17, 15) is 9.18 Å². The van der Waals surface area contributed by atoms with Gasteiger partial charge >= 0.3 is 0 Å². The molecule has 1 fully saturated rings. The van der Waals surface area contributed by atoms with Crippen LogP contribution in [0.3, 0.4) is 0 Å². The van der Waals surface area contributed by atoms with Gasteiger partial charge in [0.1, 0.15) is 5.82 Å². The van der Waals surface area contributed by atoms with E-state index in [1.807, 2.05) is 13.0 Å². The van der Waals surface area contributed by atoms with Gasteiger partial charge < -0.3 is 5.32 Å². The Bertz CT molecular complexity index is 788. The molecule has 5 nitrogen and oxygen atoms in total. The predicted octanol–water partition coefficient (Wildman–Crippen LogP) is 4.99.